The van der Waals surface area contributed by atoms with Crippen molar-refractivity contribution in [2.45, 2.75) is 13.3 Å². The lowest BCUT2D eigenvalue weighted by molar-refractivity contribution is 0.122. The first-order valence-electron chi connectivity index (χ1n) is 12.1. The van der Waals surface area contributed by atoms with Crippen molar-refractivity contribution in [2.75, 3.05) is 47.0 Å². The quantitative estimate of drug-likeness (QED) is 0.331. The maximum absolute atomic E-state index is 15.3. The molecule has 2 N–H and O–H groups in total. The predicted octanol–water partition coefficient (Wildman–Crippen LogP) is 4.70. The van der Waals surface area contributed by atoms with Crippen molar-refractivity contribution < 1.29 is 21.9 Å². The van der Waals surface area contributed by atoms with Gasteiger partial charge in [0.15, 0.2) is 5.82 Å². The van der Waals surface area contributed by atoms with Gasteiger partial charge >= 0.3 is 0 Å². The van der Waals surface area contributed by atoms with Crippen LogP contribution < -0.4 is 14.9 Å². The molecular formula is C26H26F2N6O3S. The summed E-state index contributed by atoms with van der Waals surface area (Å²) >= 11 is 0. The first kappa shape index (κ1) is 25.7. The average molecular weight is 541 g/mol. The molecule has 0 spiro atoms. The second kappa shape index (κ2) is 10.8. The first-order chi connectivity index (χ1) is 18.3. The Morgan fingerprint density at radius 1 is 1.05 bits per heavy atom. The van der Waals surface area contributed by atoms with Crippen LogP contribution in [-0.4, -0.2) is 55.4 Å². The first-order valence-corrected chi connectivity index (χ1v) is 13.8. The van der Waals surface area contributed by atoms with Crippen LogP contribution in [0.3, 0.4) is 0 Å². The summed E-state index contributed by atoms with van der Waals surface area (Å²) < 4.78 is 61.9. The van der Waals surface area contributed by atoms with E-state index in [2.05, 4.69) is 24.9 Å². The summed E-state index contributed by atoms with van der Waals surface area (Å²) in [6, 6.07) is 13.2. The molecule has 3 heterocycles. The summed E-state index contributed by atoms with van der Waals surface area (Å²) in [5.74, 6) is -1.17. The van der Waals surface area contributed by atoms with Crippen LogP contribution in [0.4, 0.5) is 31.8 Å². The number of nitrogens with one attached hydrogen (secondary N) is 2. The second-order valence-corrected chi connectivity index (χ2v) is 10.6. The van der Waals surface area contributed by atoms with Gasteiger partial charge in [-0.1, -0.05) is 19.1 Å². The van der Waals surface area contributed by atoms with Gasteiger partial charge in [0.05, 0.1) is 35.9 Å². The van der Waals surface area contributed by atoms with Gasteiger partial charge in [-0.2, -0.15) is 0 Å². The zero-order chi connectivity index (χ0) is 26.7. The van der Waals surface area contributed by atoms with Crippen LogP contribution in [0, 0.1) is 11.6 Å². The lowest BCUT2D eigenvalue weighted by Gasteiger charge is -2.28. The molecule has 0 bridgehead atoms. The van der Waals surface area contributed by atoms with Crippen molar-refractivity contribution in [3.05, 3.63) is 66.5 Å². The number of anilines is 4. The topological polar surface area (TPSA) is 109 Å². The van der Waals surface area contributed by atoms with Crippen LogP contribution in [0.25, 0.3) is 22.2 Å². The van der Waals surface area contributed by atoms with Crippen LogP contribution in [0.2, 0.25) is 0 Å². The van der Waals surface area contributed by atoms with E-state index in [1.54, 1.807) is 19.1 Å². The van der Waals surface area contributed by atoms with Crippen molar-refractivity contribution in [3.63, 3.8) is 0 Å². The highest BCUT2D eigenvalue weighted by Crippen LogP contribution is 2.33. The highest BCUT2D eigenvalue weighted by Gasteiger charge is 2.20. The zero-order valence-electron chi connectivity index (χ0n) is 20.6. The van der Waals surface area contributed by atoms with Crippen molar-refractivity contribution >= 4 is 43.9 Å². The van der Waals surface area contributed by atoms with Crippen LogP contribution in [0.5, 0.6) is 0 Å². The molecule has 4 aromatic rings. The Hall–Kier alpha value is -3.90. The van der Waals surface area contributed by atoms with E-state index in [4.69, 9.17) is 9.72 Å². The van der Waals surface area contributed by atoms with E-state index in [1.807, 2.05) is 24.3 Å². The molecule has 2 aromatic carbocycles. The molecule has 38 heavy (non-hydrogen) atoms. The normalized spacial score (nSPS) is 14.0. The molecule has 1 saturated heterocycles. The number of halogens is 2. The minimum absolute atomic E-state index is 0.160. The number of fused-ring (bicyclic) bond motifs is 1. The Bertz CT molecular complexity index is 1580. The third-order valence-corrected chi connectivity index (χ3v) is 7.55. The van der Waals surface area contributed by atoms with E-state index in [-0.39, 0.29) is 17.3 Å². The standard InChI is InChI=1S/C26H26F2N6O3S/c1-2-14-38(35,36)33-22-9-7-19(27)25(24(22)28)32-26-18-15-17(6-8-21(18)29-16-30-26)20-4-3-5-23(31-20)34-10-12-37-13-11-34/h3-9,15-16,33H,2,10-14H2,1H3,(H,29,30,32). The monoisotopic (exact) mass is 540 g/mol. The molecule has 1 aliphatic rings. The smallest absolute Gasteiger partial charge is 0.232 e. The number of hydrogen-bond donors (Lipinski definition) is 2. The molecule has 1 fully saturated rings. The van der Waals surface area contributed by atoms with Crippen molar-refractivity contribution in [3.8, 4) is 11.3 Å². The fourth-order valence-corrected chi connectivity index (χ4v) is 5.35. The summed E-state index contributed by atoms with van der Waals surface area (Å²) in [5.41, 5.74) is 1.16. The van der Waals surface area contributed by atoms with Crippen LogP contribution in [0.15, 0.2) is 54.9 Å². The third kappa shape index (κ3) is 5.50. The molecule has 0 aliphatic carbocycles. The number of hydrogen-bond acceptors (Lipinski definition) is 8. The van der Waals surface area contributed by atoms with E-state index < -0.39 is 27.3 Å². The Balaban J connectivity index is 1.50. The van der Waals surface area contributed by atoms with Gasteiger partial charge in [-0.05, 0) is 42.8 Å². The molecule has 9 nitrogen and oxygen atoms in total. The lowest BCUT2D eigenvalue weighted by atomic mass is 10.1. The number of nitrogens with zero attached hydrogens (tertiary/aromatic N) is 4. The number of morpholine rings is 1. The van der Waals surface area contributed by atoms with Crippen molar-refractivity contribution in [1.29, 1.82) is 0 Å². The molecule has 1 aliphatic heterocycles. The summed E-state index contributed by atoms with van der Waals surface area (Å²) in [6.45, 7) is 4.48. The Morgan fingerprint density at radius 3 is 2.66 bits per heavy atom. The number of rotatable bonds is 8. The largest absolute Gasteiger partial charge is 0.378 e. The molecule has 0 amide bonds. The van der Waals surface area contributed by atoms with Gasteiger partial charge in [-0.3, -0.25) is 4.72 Å². The molecule has 2 aromatic heterocycles. The fourth-order valence-electron chi connectivity index (χ4n) is 4.22. The summed E-state index contributed by atoms with van der Waals surface area (Å²) in [4.78, 5) is 15.4. The van der Waals surface area contributed by atoms with E-state index in [0.29, 0.717) is 30.5 Å². The predicted molar refractivity (Wildman–Crippen MR) is 143 cm³/mol. The molecule has 0 atom stereocenters. The Morgan fingerprint density at radius 2 is 1.87 bits per heavy atom. The SMILES string of the molecule is CCCS(=O)(=O)Nc1ccc(F)c(Nc2ncnc3ccc(-c4cccc(N5CCOCC5)n4)cc23)c1F. The molecule has 0 saturated carbocycles. The van der Waals surface area contributed by atoms with E-state index in [1.165, 1.54) is 6.33 Å². The lowest BCUT2D eigenvalue weighted by Crippen LogP contribution is -2.36. The van der Waals surface area contributed by atoms with Crippen molar-refractivity contribution in [2.24, 2.45) is 0 Å². The molecular weight excluding hydrogens is 514 g/mol. The minimum Gasteiger partial charge on any atom is -0.378 e. The highest BCUT2D eigenvalue weighted by molar-refractivity contribution is 7.92. The zero-order valence-corrected chi connectivity index (χ0v) is 21.4. The minimum atomic E-state index is -3.78. The number of sulfonamides is 1. The molecule has 12 heteroatoms. The maximum Gasteiger partial charge on any atom is 0.232 e. The highest BCUT2D eigenvalue weighted by atomic mass is 32.2. The van der Waals surface area contributed by atoms with E-state index >= 15 is 4.39 Å². The van der Waals surface area contributed by atoms with Gasteiger partial charge in [-0.15, -0.1) is 0 Å². The number of pyridine rings is 1. The van der Waals surface area contributed by atoms with Gasteiger partial charge < -0.3 is 15.0 Å². The summed E-state index contributed by atoms with van der Waals surface area (Å²) in [7, 11) is -3.78. The van der Waals surface area contributed by atoms with E-state index in [9.17, 15) is 12.8 Å². The van der Waals surface area contributed by atoms with Crippen LogP contribution >= 0.6 is 0 Å². The summed E-state index contributed by atoms with van der Waals surface area (Å²) in [5, 5.41) is 3.22. The third-order valence-electron chi connectivity index (χ3n) is 6.07. The van der Waals surface area contributed by atoms with Gasteiger partial charge in [0.25, 0.3) is 0 Å². The maximum atomic E-state index is 15.3. The molecule has 0 unspecified atom stereocenters. The molecule has 198 valence electrons. The number of ether oxygens (including phenoxy) is 1. The Labute approximate surface area is 218 Å². The molecule has 5 rings (SSSR count). The average Bonchev–Trinajstić information content (AvgIpc) is 2.93. The van der Waals surface area contributed by atoms with Crippen LogP contribution in [0.1, 0.15) is 13.3 Å². The van der Waals surface area contributed by atoms with Gasteiger partial charge in [-0.25, -0.2) is 32.2 Å². The van der Waals surface area contributed by atoms with Gasteiger partial charge in [0.2, 0.25) is 10.0 Å². The van der Waals surface area contributed by atoms with E-state index in [0.717, 1.165) is 42.3 Å². The van der Waals surface area contributed by atoms with Gasteiger partial charge in [0.1, 0.15) is 29.5 Å². The van der Waals surface area contributed by atoms with Gasteiger partial charge in [0, 0.05) is 24.0 Å². The number of benzene rings is 2. The van der Waals surface area contributed by atoms with Crippen molar-refractivity contribution in [1.82, 2.24) is 15.0 Å². The number of aromatic nitrogens is 3. The Kier molecular flexibility index (Phi) is 7.34. The summed E-state index contributed by atoms with van der Waals surface area (Å²) in [6.07, 6.45) is 1.63. The second-order valence-electron chi connectivity index (χ2n) is 8.76. The van der Waals surface area contributed by atoms with Crippen LogP contribution in [-0.2, 0) is 14.8 Å². The fraction of sp³-hybridized carbons (Fsp3) is 0.269. The molecule has 0 radical (unpaired) electrons.